The smallest absolute Gasteiger partial charge is 0.253 e. The Morgan fingerprint density at radius 3 is 2.76 bits per heavy atom. The third-order valence-electron chi connectivity index (χ3n) is 3.83. The van der Waals surface area contributed by atoms with E-state index in [1.165, 1.54) is 12.8 Å². The highest BCUT2D eigenvalue weighted by Gasteiger charge is 2.22. The second-order valence-corrected chi connectivity index (χ2v) is 5.65. The number of hydrogen-bond acceptors (Lipinski definition) is 3. The average molecular weight is 283 g/mol. The number of anilines is 1. The summed E-state index contributed by atoms with van der Waals surface area (Å²) in [7, 11) is 0. The molecule has 4 nitrogen and oxygen atoms in total. The van der Waals surface area contributed by atoms with Crippen LogP contribution in [-0.4, -0.2) is 24.0 Å². The van der Waals surface area contributed by atoms with Crippen molar-refractivity contribution in [1.82, 2.24) is 10.3 Å². The molecule has 0 bridgehead atoms. The van der Waals surface area contributed by atoms with Gasteiger partial charge in [-0.25, -0.2) is 4.98 Å². The third-order valence-corrected chi connectivity index (χ3v) is 3.83. The fourth-order valence-corrected chi connectivity index (χ4v) is 2.41. The van der Waals surface area contributed by atoms with Crippen LogP contribution in [0.15, 0.2) is 30.5 Å². The zero-order valence-corrected chi connectivity index (χ0v) is 12.4. The fourth-order valence-electron chi connectivity index (χ4n) is 2.41. The van der Waals surface area contributed by atoms with Crippen LogP contribution >= 0.6 is 0 Å². The van der Waals surface area contributed by atoms with Gasteiger partial charge in [0.25, 0.3) is 5.91 Å². The van der Waals surface area contributed by atoms with E-state index >= 15 is 0 Å². The molecule has 0 radical (unpaired) electrons. The maximum Gasteiger partial charge on any atom is 0.253 e. The van der Waals surface area contributed by atoms with Crippen LogP contribution in [0.1, 0.15) is 36.5 Å². The average Bonchev–Trinajstić information content (AvgIpc) is 3.34. The van der Waals surface area contributed by atoms with Crippen LogP contribution in [0, 0.1) is 5.92 Å². The van der Waals surface area contributed by atoms with E-state index in [4.69, 9.17) is 0 Å². The number of pyridine rings is 1. The van der Waals surface area contributed by atoms with Gasteiger partial charge in [-0.15, -0.1) is 0 Å². The molecule has 110 valence electrons. The first-order valence-electron chi connectivity index (χ1n) is 7.69. The van der Waals surface area contributed by atoms with Gasteiger partial charge in [0.05, 0.1) is 5.56 Å². The summed E-state index contributed by atoms with van der Waals surface area (Å²) in [5.74, 6) is 1.51. The maximum absolute atomic E-state index is 12.3. The molecule has 0 spiro atoms. The van der Waals surface area contributed by atoms with E-state index in [1.807, 2.05) is 24.3 Å². The van der Waals surface area contributed by atoms with Crippen molar-refractivity contribution in [3.8, 4) is 0 Å². The summed E-state index contributed by atoms with van der Waals surface area (Å²) in [6, 6.07) is 7.94. The van der Waals surface area contributed by atoms with Gasteiger partial charge in [-0.3, -0.25) is 4.79 Å². The number of fused-ring (bicyclic) bond motifs is 1. The van der Waals surface area contributed by atoms with Crippen LogP contribution in [0.25, 0.3) is 10.8 Å². The number of nitrogens with one attached hydrogen (secondary N) is 2. The lowest BCUT2D eigenvalue weighted by molar-refractivity contribution is 0.0953. The summed E-state index contributed by atoms with van der Waals surface area (Å²) >= 11 is 0. The first-order chi connectivity index (χ1) is 10.3. The largest absolute Gasteiger partial charge is 0.370 e. The molecule has 0 saturated heterocycles. The molecule has 0 unspecified atom stereocenters. The van der Waals surface area contributed by atoms with Crippen molar-refractivity contribution in [3.63, 3.8) is 0 Å². The second kappa shape index (κ2) is 6.12. The Labute approximate surface area is 125 Å². The summed E-state index contributed by atoms with van der Waals surface area (Å²) in [6.45, 7) is 3.78. The Morgan fingerprint density at radius 2 is 2.05 bits per heavy atom. The Kier molecular flexibility index (Phi) is 4.04. The second-order valence-electron chi connectivity index (χ2n) is 5.65. The van der Waals surface area contributed by atoms with Crippen molar-refractivity contribution < 1.29 is 4.79 Å². The number of carbonyl (C=O) groups excluding carboxylic acids is 1. The molecule has 1 aliphatic carbocycles. The van der Waals surface area contributed by atoms with Crippen molar-refractivity contribution in [1.29, 1.82) is 0 Å². The van der Waals surface area contributed by atoms with Gasteiger partial charge in [-0.2, -0.15) is 0 Å². The first-order valence-corrected chi connectivity index (χ1v) is 7.69. The highest BCUT2D eigenvalue weighted by molar-refractivity contribution is 6.09. The molecule has 0 atom stereocenters. The minimum Gasteiger partial charge on any atom is -0.370 e. The molecule has 0 aliphatic heterocycles. The molecule has 4 heteroatoms. The lowest BCUT2D eigenvalue weighted by Crippen LogP contribution is -2.26. The molecule has 1 aromatic heterocycles. The molecule has 1 saturated carbocycles. The summed E-state index contributed by atoms with van der Waals surface area (Å²) in [6.07, 6.45) is 5.19. The minimum absolute atomic E-state index is 0.0207. The van der Waals surface area contributed by atoms with Crippen molar-refractivity contribution >= 4 is 22.5 Å². The predicted octanol–water partition coefficient (Wildman–Crippen LogP) is 3.20. The van der Waals surface area contributed by atoms with E-state index in [9.17, 15) is 4.79 Å². The van der Waals surface area contributed by atoms with E-state index in [1.54, 1.807) is 6.20 Å². The van der Waals surface area contributed by atoms with Gasteiger partial charge < -0.3 is 10.6 Å². The van der Waals surface area contributed by atoms with Crippen LogP contribution in [0.4, 0.5) is 5.82 Å². The molecule has 1 heterocycles. The zero-order valence-electron chi connectivity index (χ0n) is 12.4. The summed E-state index contributed by atoms with van der Waals surface area (Å²) in [5, 5.41) is 8.30. The van der Waals surface area contributed by atoms with Gasteiger partial charge in [-0.1, -0.05) is 31.2 Å². The van der Waals surface area contributed by atoms with Crippen LogP contribution in [0.5, 0.6) is 0 Å². The highest BCUT2D eigenvalue weighted by atomic mass is 16.1. The maximum atomic E-state index is 12.3. The van der Waals surface area contributed by atoms with Crippen LogP contribution in [0.3, 0.4) is 0 Å². The van der Waals surface area contributed by atoms with Crippen molar-refractivity contribution in [2.24, 2.45) is 5.92 Å². The Hall–Kier alpha value is -2.10. The third kappa shape index (κ3) is 3.15. The van der Waals surface area contributed by atoms with Gasteiger partial charge in [0.15, 0.2) is 0 Å². The van der Waals surface area contributed by atoms with E-state index in [2.05, 4.69) is 22.5 Å². The number of hydrogen-bond donors (Lipinski definition) is 2. The van der Waals surface area contributed by atoms with Crippen LogP contribution < -0.4 is 10.6 Å². The van der Waals surface area contributed by atoms with E-state index in [0.717, 1.165) is 36.1 Å². The van der Waals surface area contributed by atoms with Gasteiger partial charge >= 0.3 is 0 Å². The molecule has 1 aromatic carbocycles. The molecular formula is C17H21N3O. The number of nitrogens with zero attached hydrogens (tertiary/aromatic N) is 1. The van der Waals surface area contributed by atoms with Crippen LogP contribution in [-0.2, 0) is 0 Å². The monoisotopic (exact) mass is 283 g/mol. The van der Waals surface area contributed by atoms with Crippen molar-refractivity contribution in [2.45, 2.75) is 26.2 Å². The predicted molar refractivity (Wildman–Crippen MR) is 85.6 cm³/mol. The van der Waals surface area contributed by atoms with Crippen LogP contribution in [0.2, 0.25) is 0 Å². The molecular weight excluding hydrogens is 262 g/mol. The summed E-state index contributed by atoms with van der Waals surface area (Å²) in [5.41, 5.74) is 0.660. The standard InChI is InChI=1S/C17H21N3O/c1-2-9-18-16-14-6-4-3-5-13(14)15(11-19-16)17(21)20-10-12-7-8-12/h3-6,11-12H,2,7-10H2,1H3,(H,18,19)(H,20,21). The lowest BCUT2D eigenvalue weighted by atomic mass is 10.1. The molecule has 1 amide bonds. The quantitative estimate of drug-likeness (QED) is 0.856. The summed E-state index contributed by atoms with van der Waals surface area (Å²) in [4.78, 5) is 16.8. The number of benzene rings is 1. The van der Waals surface area contributed by atoms with E-state index in [0.29, 0.717) is 11.5 Å². The molecule has 2 N–H and O–H groups in total. The van der Waals surface area contributed by atoms with Gasteiger partial charge in [0, 0.05) is 24.7 Å². The van der Waals surface area contributed by atoms with Gasteiger partial charge in [0.2, 0.25) is 0 Å². The van der Waals surface area contributed by atoms with Crippen molar-refractivity contribution in [2.75, 3.05) is 18.4 Å². The number of rotatable bonds is 6. The molecule has 21 heavy (non-hydrogen) atoms. The first kappa shape index (κ1) is 13.9. The Bertz CT molecular complexity index is 650. The molecule has 1 fully saturated rings. The van der Waals surface area contributed by atoms with Crippen molar-refractivity contribution in [3.05, 3.63) is 36.0 Å². The minimum atomic E-state index is -0.0207. The number of aromatic nitrogens is 1. The summed E-state index contributed by atoms with van der Waals surface area (Å²) < 4.78 is 0. The normalized spacial score (nSPS) is 14.1. The molecule has 2 aromatic rings. The van der Waals surface area contributed by atoms with E-state index < -0.39 is 0 Å². The molecule has 1 aliphatic rings. The lowest BCUT2D eigenvalue weighted by Gasteiger charge is -2.11. The number of carbonyl (C=O) groups is 1. The zero-order chi connectivity index (χ0) is 14.7. The fraction of sp³-hybridized carbons (Fsp3) is 0.412. The SMILES string of the molecule is CCCNc1ncc(C(=O)NCC2CC2)c2ccccc12. The number of amides is 1. The van der Waals surface area contributed by atoms with Gasteiger partial charge in [0.1, 0.15) is 5.82 Å². The Morgan fingerprint density at radius 1 is 1.29 bits per heavy atom. The topological polar surface area (TPSA) is 54.0 Å². The van der Waals surface area contributed by atoms with E-state index in [-0.39, 0.29) is 5.91 Å². The Balaban J connectivity index is 1.89. The molecule has 3 rings (SSSR count). The van der Waals surface area contributed by atoms with Gasteiger partial charge in [-0.05, 0) is 30.6 Å². The highest BCUT2D eigenvalue weighted by Crippen LogP contribution is 2.28.